The molecule has 2 rings (SSSR count). The summed E-state index contributed by atoms with van der Waals surface area (Å²) in [5, 5.41) is 11.3. The van der Waals surface area contributed by atoms with Crippen LogP contribution >= 0.6 is 10.2 Å². The molecule has 1 unspecified atom stereocenters. The molecule has 0 bridgehead atoms. The molecule has 1 aliphatic heterocycles. The molecule has 0 aromatic heterocycles. The molecule has 68 valence electrons. The second-order valence-electron chi connectivity index (χ2n) is 3.01. The van der Waals surface area contributed by atoms with Crippen LogP contribution in [-0.4, -0.2) is 17.6 Å². The van der Waals surface area contributed by atoms with Crippen molar-refractivity contribution in [3.63, 3.8) is 0 Å². The molecule has 0 radical (unpaired) electrons. The van der Waals surface area contributed by atoms with Gasteiger partial charge in [-0.25, -0.2) is 4.40 Å². The number of allylic oxidation sites excluding steroid dienone is 1. The van der Waals surface area contributed by atoms with E-state index >= 15 is 0 Å². The van der Waals surface area contributed by atoms with E-state index in [-0.39, 0.29) is 0 Å². The zero-order valence-electron chi connectivity index (χ0n) is 7.34. The highest BCUT2D eigenvalue weighted by Gasteiger charge is 2.17. The van der Waals surface area contributed by atoms with Crippen LogP contribution in [0.5, 0.6) is 5.75 Å². The van der Waals surface area contributed by atoms with Gasteiger partial charge in [-0.15, -0.1) is 10.2 Å². The van der Waals surface area contributed by atoms with Crippen LogP contribution in [0.4, 0.5) is 0 Å². The topological polar surface area (TPSA) is 32.6 Å². The average molecular weight is 193 g/mol. The van der Waals surface area contributed by atoms with Crippen molar-refractivity contribution in [1.29, 1.82) is 0 Å². The van der Waals surface area contributed by atoms with E-state index in [1.54, 1.807) is 12.1 Å². The van der Waals surface area contributed by atoms with Gasteiger partial charge in [-0.1, -0.05) is 0 Å². The van der Waals surface area contributed by atoms with Crippen LogP contribution < -0.4 is 0 Å². The Morgan fingerprint density at radius 3 is 2.46 bits per heavy atom. The Balaban J connectivity index is 2.41. The minimum absolute atomic E-state index is 0.303. The third-order valence-electron chi connectivity index (χ3n) is 2.02. The molecule has 1 N–H and O–H groups in total. The van der Waals surface area contributed by atoms with Gasteiger partial charge in [-0.3, -0.25) is 0 Å². The Morgan fingerprint density at radius 2 is 1.92 bits per heavy atom. The largest absolute Gasteiger partial charge is 0.508 e. The van der Waals surface area contributed by atoms with Crippen LogP contribution in [0.3, 0.4) is 0 Å². The molecule has 1 aromatic rings. The molecule has 1 aliphatic rings. The summed E-state index contributed by atoms with van der Waals surface area (Å²) in [6.45, 7) is 0. The second kappa shape index (κ2) is 2.92. The predicted octanol–water partition coefficient (Wildman–Crippen LogP) is 2.70. The Labute approximate surface area is 79.1 Å². The van der Waals surface area contributed by atoms with Crippen LogP contribution in [-0.2, 0) is 0 Å². The Bertz CT molecular complexity index is 355. The first-order chi connectivity index (χ1) is 6.21. The third-order valence-corrected chi connectivity index (χ3v) is 4.50. The summed E-state index contributed by atoms with van der Waals surface area (Å²) < 4.78 is 4.43. The maximum absolute atomic E-state index is 9.14. The van der Waals surface area contributed by atoms with E-state index in [0.717, 1.165) is 0 Å². The molecule has 0 saturated heterocycles. The van der Waals surface area contributed by atoms with Crippen molar-refractivity contribution >= 4 is 16.4 Å². The van der Waals surface area contributed by atoms with Crippen LogP contribution in [0, 0.1) is 0 Å². The van der Waals surface area contributed by atoms with Crippen LogP contribution in [0.2, 0.25) is 0 Å². The third kappa shape index (κ3) is 1.47. The first-order valence-electron chi connectivity index (χ1n) is 4.00. The molecule has 1 atom stereocenters. The molecular formula is C10H11NOS. The van der Waals surface area contributed by atoms with Gasteiger partial charge >= 0.3 is 0 Å². The lowest BCUT2D eigenvalue weighted by molar-refractivity contribution is 0.475. The Morgan fingerprint density at radius 1 is 1.23 bits per heavy atom. The number of phenolic OH excluding ortho intramolecular Hbond substituents is 1. The van der Waals surface area contributed by atoms with E-state index < -0.39 is 10.2 Å². The van der Waals surface area contributed by atoms with E-state index in [2.05, 4.69) is 16.1 Å². The van der Waals surface area contributed by atoms with Gasteiger partial charge in [0.15, 0.2) is 0 Å². The summed E-state index contributed by atoms with van der Waals surface area (Å²) in [5.41, 5.74) is 0. The molecule has 3 heteroatoms. The first kappa shape index (κ1) is 8.38. The fourth-order valence-electron chi connectivity index (χ4n) is 1.25. The highest BCUT2D eigenvalue weighted by atomic mass is 32.3. The average Bonchev–Trinajstić information content (AvgIpc) is 2.54. The highest BCUT2D eigenvalue weighted by molar-refractivity contribution is 8.34. The molecule has 2 nitrogen and oxygen atoms in total. The number of hydrogen-bond acceptors (Lipinski definition) is 2. The van der Waals surface area contributed by atoms with Crippen molar-refractivity contribution in [3.8, 4) is 5.75 Å². The number of aromatic hydroxyl groups is 1. The molecule has 0 aliphatic carbocycles. The van der Waals surface area contributed by atoms with Gasteiger partial charge in [0.05, 0.1) is 0 Å². The summed E-state index contributed by atoms with van der Waals surface area (Å²) in [5.74, 6) is 0.303. The number of rotatable bonds is 1. The van der Waals surface area contributed by atoms with E-state index in [4.69, 9.17) is 5.11 Å². The van der Waals surface area contributed by atoms with Crippen molar-refractivity contribution in [1.82, 2.24) is 0 Å². The van der Waals surface area contributed by atoms with Crippen molar-refractivity contribution in [2.75, 3.05) is 6.26 Å². The number of hydrogen-bond donors (Lipinski definition) is 1. The zero-order valence-corrected chi connectivity index (χ0v) is 8.16. The molecule has 0 spiro atoms. The molecule has 0 amide bonds. The molecule has 0 saturated carbocycles. The smallest absolute Gasteiger partial charge is 0.115 e. The summed E-state index contributed by atoms with van der Waals surface area (Å²) in [6, 6.07) is 7.26. The van der Waals surface area contributed by atoms with Gasteiger partial charge < -0.3 is 5.11 Å². The normalized spacial score (nSPS) is 30.2. The van der Waals surface area contributed by atoms with Gasteiger partial charge in [0.25, 0.3) is 0 Å². The first-order valence-corrected chi connectivity index (χ1v) is 6.06. The summed E-state index contributed by atoms with van der Waals surface area (Å²) in [6.07, 6.45) is 5.93. The molecule has 0 fully saturated rings. The van der Waals surface area contributed by atoms with Crippen molar-refractivity contribution in [2.45, 2.75) is 4.90 Å². The number of phenols is 1. The minimum atomic E-state index is -1.12. The fourth-order valence-corrected chi connectivity index (χ4v) is 2.98. The Kier molecular flexibility index (Phi) is 1.88. The van der Waals surface area contributed by atoms with Gasteiger partial charge in [-0.2, -0.15) is 0 Å². The second-order valence-corrected chi connectivity index (χ2v) is 5.84. The van der Waals surface area contributed by atoms with Crippen molar-refractivity contribution in [3.05, 3.63) is 35.7 Å². The maximum atomic E-state index is 9.14. The van der Waals surface area contributed by atoms with Gasteiger partial charge in [0.2, 0.25) is 0 Å². The maximum Gasteiger partial charge on any atom is 0.115 e. The lowest BCUT2D eigenvalue weighted by Gasteiger charge is -2.24. The van der Waals surface area contributed by atoms with Crippen molar-refractivity contribution in [2.24, 2.45) is 4.40 Å². The fraction of sp³-hybridized carbons (Fsp3) is 0.100. The van der Waals surface area contributed by atoms with Crippen LogP contribution in [0.25, 0.3) is 0 Å². The predicted molar refractivity (Wildman–Crippen MR) is 57.5 cm³/mol. The summed E-state index contributed by atoms with van der Waals surface area (Å²) in [7, 11) is -1.12. The van der Waals surface area contributed by atoms with Crippen LogP contribution in [0.1, 0.15) is 0 Å². The lowest BCUT2D eigenvalue weighted by Crippen LogP contribution is -1.87. The monoisotopic (exact) mass is 193 g/mol. The molecule has 13 heavy (non-hydrogen) atoms. The SMILES string of the molecule is CS1(c2ccc(O)cc2)C=CC=N1. The van der Waals surface area contributed by atoms with Gasteiger partial charge in [-0.05, 0) is 42.0 Å². The highest BCUT2D eigenvalue weighted by Crippen LogP contribution is 2.56. The van der Waals surface area contributed by atoms with Crippen LogP contribution in [0.15, 0.2) is 45.0 Å². The van der Waals surface area contributed by atoms with Gasteiger partial charge in [0, 0.05) is 11.1 Å². The van der Waals surface area contributed by atoms with E-state index in [1.165, 1.54) is 4.90 Å². The van der Waals surface area contributed by atoms with E-state index in [1.807, 2.05) is 24.4 Å². The number of nitrogens with zero attached hydrogens (tertiary/aromatic N) is 1. The Hall–Kier alpha value is -1.22. The molecular weight excluding hydrogens is 182 g/mol. The summed E-state index contributed by atoms with van der Waals surface area (Å²) >= 11 is 0. The van der Waals surface area contributed by atoms with Crippen molar-refractivity contribution < 1.29 is 5.11 Å². The van der Waals surface area contributed by atoms with E-state index in [9.17, 15) is 0 Å². The number of benzene rings is 1. The van der Waals surface area contributed by atoms with E-state index in [0.29, 0.717) is 5.75 Å². The molecule has 1 heterocycles. The zero-order chi connectivity index (χ0) is 9.31. The lowest BCUT2D eigenvalue weighted by atomic mass is 10.3. The molecule has 1 aromatic carbocycles. The quantitative estimate of drug-likeness (QED) is 0.730. The summed E-state index contributed by atoms with van der Waals surface area (Å²) in [4.78, 5) is 1.18. The minimum Gasteiger partial charge on any atom is -0.508 e. The standard InChI is InChI=1S/C10H11NOS/c1-13(8-2-7-11-13)10-5-3-9(12)4-6-10/h2-8,12H,1H3. The van der Waals surface area contributed by atoms with Gasteiger partial charge in [0.1, 0.15) is 5.75 Å².